The number of carbonyl (C=O) groups is 2. The quantitative estimate of drug-likeness (QED) is 0.745. The highest BCUT2D eigenvalue weighted by molar-refractivity contribution is 5.68. The van der Waals surface area contributed by atoms with Crippen molar-refractivity contribution in [3.05, 3.63) is 35.6 Å². The van der Waals surface area contributed by atoms with E-state index in [2.05, 4.69) is 4.90 Å². The van der Waals surface area contributed by atoms with E-state index in [1.54, 1.807) is 28.0 Å². The fourth-order valence-corrected chi connectivity index (χ4v) is 3.37. The zero-order valence-electron chi connectivity index (χ0n) is 18.0. The minimum absolute atomic E-state index is 0.302. The van der Waals surface area contributed by atoms with E-state index in [1.807, 2.05) is 27.7 Å². The topological polar surface area (TPSA) is 62.3 Å². The predicted octanol–water partition coefficient (Wildman–Crippen LogP) is 3.51. The van der Waals surface area contributed by atoms with Crippen LogP contribution in [0, 0.1) is 5.82 Å². The standard InChI is InChI=1S/C21H32FN3O4/c1-6-23(19(26)28-5)15-18(16-9-7-8-10-17(16)22)24-11-13-25(14-12-24)20(27)29-21(2,3)4/h7-10,18H,6,11-15H2,1-5H3. The highest BCUT2D eigenvalue weighted by Gasteiger charge is 2.32. The van der Waals surface area contributed by atoms with E-state index in [4.69, 9.17) is 9.47 Å². The first kappa shape index (κ1) is 22.9. The van der Waals surface area contributed by atoms with Crippen LogP contribution in [0.2, 0.25) is 0 Å². The Balaban J connectivity index is 2.15. The lowest BCUT2D eigenvalue weighted by Gasteiger charge is -2.41. The number of likely N-dealkylation sites (N-methyl/N-ethyl adjacent to an activating group) is 1. The van der Waals surface area contributed by atoms with Gasteiger partial charge >= 0.3 is 12.2 Å². The predicted molar refractivity (Wildman–Crippen MR) is 108 cm³/mol. The highest BCUT2D eigenvalue weighted by Crippen LogP contribution is 2.26. The summed E-state index contributed by atoms with van der Waals surface area (Å²) in [5.74, 6) is -0.312. The normalized spacial score (nSPS) is 16.3. The number of halogens is 1. The van der Waals surface area contributed by atoms with Crippen LogP contribution in [0.25, 0.3) is 0 Å². The molecule has 1 aliphatic rings. The number of rotatable bonds is 5. The van der Waals surface area contributed by atoms with E-state index >= 15 is 0 Å². The summed E-state index contributed by atoms with van der Waals surface area (Å²) < 4.78 is 24.9. The minimum atomic E-state index is -0.550. The molecular formula is C21H32FN3O4. The number of methoxy groups -OCH3 is 1. The molecule has 1 fully saturated rings. The molecule has 1 unspecified atom stereocenters. The molecule has 1 aliphatic heterocycles. The number of nitrogens with zero attached hydrogens (tertiary/aromatic N) is 3. The van der Waals surface area contributed by atoms with Crippen LogP contribution in [-0.2, 0) is 9.47 Å². The Bertz CT molecular complexity index is 699. The zero-order valence-corrected chi connectivity index (χ0v) is 18.0. The Morgan fingerprint density at radius 3 is 2.31 bits per heavy atom. The van der Waals surface area contributed by atoms with Gasteiger partial charge in [-0.15, -0.1) is 0 Å². The van der Waals surface area contributed by atoms with Gasteiger partial charge in [0.15, 0.2) is 0 Å². The first-order valence-electron chi connectivity index (χ1n) is 9.95. The molecule has 0 saturated carbocycles. The Morgan fingerprint density at radius 1 is 1.17 bits per heavy atom. The van der Waals surface area contributed by atoms with Gasteiger partial charge in [-0.1, -0.05) is 18.2 Å². The third-order valence-corrected chi connectivity index (χ3v) is 4.88. The summed E-state index contributed by atoms with van der Waals surface area (Å²) >= 11 is 0. The van der Waals surface area contributed by atoms with Gasteiger partial charge in [0.25, 0.3) is 0 Å². The molecular weight excluding hydrogens is 377 g/mol. The number of hydrogen-bond donors (Lipinski definition) is 0. The van der Waals surface area contributed by atoms with E-state index in [1.165, 1.54) is 13.2 Å². The van der Waals surface area contributed by atoms with Crippen LogP contribution in [-0.4, -0.2) is 78.9 Å². The number of benzene rings is 1. The van der Waals surface area contributed by atoms with Crippen LogP contribution in [0.5, 0.6) is 0 Å². The molecule has 0 spiro atoms. The largest absolute Gasteiger partial charge is 0.453 e. The Kier molecular flexibility index (Phi) is 7.84. The molecule has 0 N–H and O–H groups in total. The summed E-state index contributed by atoms with van der Waals surface area (Å²) in [6, 6.07) is 6.26. The average molecular weight is 410 g/mol. The van der Waals surface area contributed by atoms with E-state index in [0.717, 1.165) is 0 Å². The molecule has 29 heavy (non-hydrogen) atoms. The minimum Gasteiger partial charge on any atom is -0.453 e. The summed E-state index contributed by atoms with van der Waals surface area (Å²) in [4.78, 5) is 29.7. The summed E-state index contributed by atoms with van der Waals surface area (Å²) in [7, 11) is 1.34. The molecule has 1 aromatic rings. The van der Waals surface area contributed by atoms with Gasteiger partial charge in [0.2, 0.25) is 0 Å². The Morgan fingerprint density at radius 2 is 1.79 bits per heavy atom. The van der Waals surface area contributed by atoms with Crippen molar-refractivity contribution in [2.45, 2.75) is 39.3 Å². The lowest BCUT2D eigenvalue weighted by atomic mass is 10.0. The van der Waals surface area contributed by atoms with Crippen LogP contribution < -0.4 is 0 Å². The second-order valence-electron chi connectivity index (χ2n) is 8.05. The maximum Gasteiger partial charge on any atom is 0.410 e. The summed E-state index contributed by atoms with van der Waals surface area (Å²) in [5.41, 5.74) is -0.0212. The molecule has 2 amide bonds. The molecule has 7 nitrogen and oxygen atoms in total. The van der Waals surface area contributed by atoms with Crippen LogP contribution in [0.4, 0.5) is 14.0 Å². The smallest absolute Gasteiger partial charge is 0.410 e. The fourth-order valence-electron chi connectivity index (χ4n) is 3.37. The van der Waals surface area contributed by atoms with Crippen molar-refractivity contribution in [2.75, 3.05) is 46.4 Å². The van der Waals surface area contributed by atoms with Crippen LogP contribution in [0.1, 0.15) is 39.3 Å². The summed E-state index contributed by atoms with van der Waals surface area (Å²) in [6.07, 6.45) is -0.787. The maximum atomic E-state index is 14.6. The van der Waals surface area contributed by atoms with E-state index in [9.17, 15) is 14.0 Å². The van der Waals surface area contributed by atoms with E-state index in [-0.39, 0.29) is 18.0 Å². The molecule has 162 valence electrons. The average Bonchev–Trinajstić information content (AvgIpc) is 2.68. The van der Waals surface area contributed by atoms with Crippen molar-refractivity contribution in [3.63, 3.8) is 0 Å². The Hall–Kier alpha value is -2.35. The molecule has 1 heterocycles. The van der Waals surface area contributed by atoms with Gasteiger partial charge in [-0.3, -0.25) is 4.90 Å². The van der Waals surface area contributed by atoms with Crippen molar-refractivity contribution in [2.24, 2.45) is 0 Å². The monoisotopic (exact) mass is 409 g/mol. The van der Waals surface area contributed by atoms with Gasteiger partial charge in [0.1, 0.15) is 11.4 Å². The molecule has 0 bridgehead atoms. The van der Waals surface area contributed by atoms with Crippen LogP contribution >= 0.6 is 0 Å². The molecule has 2 rings (SSSR count). The van der Waals surface area contributed by atoms with Crippen molar-refractivity contribution in [3.8, 4) is 0 Å². The van der Waals surface area contributed by atoms with E-state index in [0.29, 0.717) is 44.8 Å². The number of piperazine rings is 1. The second kappa shape index (κ2) is 9.91. The fraction of sp³-hybridized carbons (Fsp3) is 0.619. The lowest BCUT2D eigenvalue weighted by Crippen LogP contribution is -2.52. The van der Waals surface area contributed by atoms with E-state index < -0.39 is 11.7 Å². The molecule has 1 atom stereocenters. The first-order valence-corrected chi connectivity index (χ1v) is 9.95. The number of ether oxygens (including phenoxy) is 2. The van der Waals surface area contributed by atoms with Crippen molar-refractivity contribution in [1.82, 2.24) is 14.7 Å². The third kappa shape index (κ3) is 6.32. The van der Waals surface area contributed by atoms with Gasteiger partial charge in [-0.25, -0.2) is 14.0 Å². The summed E-state index contributed by atoms with van der Waals surface area (Å²) in [5, 5.41) is 0. The number of carbonyl (C=O) groups excluding carboxylic acids is 2. The van der Waals surface area contributed by atoms with Crippen LogP contribution in [0.3, 0.4) is 0 Å². The molecule has 8 heteroatoms. The van der Waals surface area contributed by atoms with Gasteiger partial charge in [0.05, 0.1) is 13.2 Å². The third-order valence-electron chi connectivity index (χ3n) is 4.88. The molecule has 1 aromatic carbocycles. The SMILES string of the molecule is CCN(CC(c1ccccc1F)N1CCN(C(=O)OC(C)(C)C)CC1)C(=O)OC. The molecule has 0 aromatic heterocycles. The summed E-state index contributed by atoms with van der Waals surface area (Å²) in [6.45, 7) is 10.2. The number of hydrogen-bond acceptors (Lipinski definition) is 5. The van der Waals surface area contributed by atoms with Gasteiger partial charge < -0.3 is 19.3 Å². The van der Waals surface area contributed by atoms with Crippen molar-refractivity contribution >= 4 is 12.2 Å². The Labute approximate surface area is 172 Å². The molecule has 0 radical (unpaired) electrons. The molecule has 1 saturated heterocycles. The number of amides is 2. The molecule has 0 aliphatic carbocycles. The lowest BCUT2D eigenvalue weighted by molar-refractivity contribution is 0.00802. The maximum absolute atomic E-state index is 14.6. The van der Waals surface area contributed by atoms with Crippen LogP contribution in [0.15, 0.2) is 24.3 Å². The van der Waals surface area contributed by atoms with Gasteiger partial charge in [-0.2, -0.15) is 0 Å². The van der Waals surface area contributed by atoms with Crippen molar-refractivity contribution < 1.29 is 23.5 Å². The first-order chi connectivity index (χ1) is 13.7. The second-order valence-corrected chi connectivity index (χ2v) is 8.05. The van der Waals surface area contributed by atoms with Gasteiger partial charge in [0, 0.05) is 44.8 Å². The van der Waals surface area contributed by atoms with Gasteiger partial charge in [-0.05, 0) is 33.8 Å². The highest BCUT2D eigenvalue weighted by atomic mass is 19.1. The zero-order chi connectivity index (χ0) is 21.6. The van der Waals surface area contributed by atoms with Crippen molar-refractivity contribution in [1.29, 1.82) is 0 Å².